The Morgan fingerprint density at radius 3 is 2.69 bits per heavy atom. The molecule has 0 bridgehead atoms. The molecule has 5 heteroatoms. The van der Waals surface area contributed by atoms with Gasteiger partial charge < -0.3 is 10.1 Å². The Morgan fingerprint density at radius 1 is 1.23 bits per heavy atom. The predicted octanol–water partition coefficient (Wildman–Crippen LogP) is 3.92. The molecule has 4 nitrogen and oxygen atoms in total. The van der Waals surface area contributed by atoms with E-state index in [2.05, 4.69) is 29.3 Å². The third kappa shape index (κ3) is 3.70. The second kappa shape index (κ2) is 7.51. The number of nitrogens with zero attached hydrogens (tertiary/aromatic N) is 1. The van der Waals surface area contributed by atoms with Gasteiger partial charge in [-0.1, -0.05) is 18.2 Å². The Morgan fingerprint density at radius 2 is 2.00 bits per heavy atom. The van der Waals surface area contributed by atoms with Crippen molar-refractivity contribution in [2.45, 2.75) is 26.3 Å². The molecule has 1 atom stereocenters. The molecule has 4 rings (SSSR count). The van der Waals surface area contributed by atoms with Gasteiger partial charge in [0, 0.05) is 53.7 Å². The first-order valence-electron chi connectivity index (χ1n) is 9.36. The molecule has 3 heterocycles. The Kier molecular flexibility index (Phi) is 5.11. The minimum Gasteiger partial charge on any atom is -0.381 e. The van der Waals surface area contributed by atoms with Gasteiger partial charge in [-0.3, -0.25) is 9.69 Å². The van der Waals surface area contributed by atoms with Crippen molar-refractivity contribution in [3.05, 3.63) is 52.2 Å². The van der Waals surface area contributed by atoms with E-state index in [4.69, 9.17) is 4.74 Å². The third-order valence-electron chi connectivity index (χ3n) is 5.74. The van der Waals surface area contributed by atoms with Crippen LogP contribution in [0.2, 0.25) is 0 Å². The van der Waals surface area contributed by atoms with Crippen LogP contribution in [0.1, 0.15) is 22.6 Å². The van der Waals surface area contributed by atoms with E-state index >= 15 is 0 Å². The number of thiophene rings is 1. The zero-order valence-corrected chi connectivity index (χ0v) is 16.1. The van der Waals surface area contributed by atoms with Gasteiger partial charge in [0.25, 0.3) is 0 Å². The molecule has 0 radical (unpaired) electrons. The van der Waals surface area contributed by atoms with E-state index in [0.29, 0.717) is 0 Å². The molecule has 0 aliphatic carbocycles. The standard InChI is InChI=1S/C21H26N2O2S/c1-16-7-8-18(26-16)13-23-14-19(21(15-23)9-11-25-12-10-21)20(24)22-17-5-3-2-4-6-17/h2-8,19H,9-15H2,1H3,(H,22,24). The Balaban J connectivity index is 1.51. The van der Waals surface area contributed by atoms with Gasteiger partial charge in [0.1, 0.15) is 0 Å². The molecule has 2 aromatic rings. The number of carbonyl (C=O) groups excluding carboxylic acids is 1. The molecule has 2 fully saturated rings. The molecule has 26 heavy (non-hydrogen) atoms. The van der Waals surface area contributed by atoms with E-state index in [-0.39, 0.29) is 17.2 Å². The smallest absolute Gasteiger partial charge is 0.229 e. The number of likely N-dealkylation sites (tertiary alicyclic amines) is 1. The van der Waals surface area contributed by atoms with Gasteiger partial charge in [-0.15, -0.1) is 11.3 Å². The third-order valence-corrected chi connectivity index (χ3v) is 6.73. The van der Waals surface area contributed by atoms with Gasteiger partial charge in [0.15, 0.2) is 0 Å². The Labute approximate surface area is 159 Å². The van der Waals surface area contributed by atoms with E-state index in [9.17, 15) is 4.79 Å². The van der Waals surface area contributed by atoms with Crippen LogP contribution >= 0.6 is 11.3 Å². The number of benzene rings is 1. The summed E-state index contributed by atoms with van der Waals surface area (Å²) in [7, 11) is 0. The van der Waals surface area contributed by atoms with Crippen molar-refractivity contribution >= 4 is 22.9 Å². The summed E-state index contributed by atoms with van der Waals surface area (Å²) in [5.74, 6) is 0.177. The quantitative estimate of drug-likeness (QED) is 0.887. The number of rotatable bonds is 4. The van der Waals surface area contributed by atoms with E-state index in [1.54, 1.807) is 0 Å². The first-order chi connectivity index (χ1) is 12.6. The van der Waals surface area contributed by atoms with Crippen LogP contribution in [0, 0.1) is 18.3 Å². The topological polar surface area (TPSA) is 41.6 Å². The van der Waals surface area contributed by atoms with Crippen LogP contribution in [0.3, 0.4) is 0 Å². The van der Waals surface area contributed by atoms with Crippen LogP contribution in [0.15, 0.2) is 42.5 Å². The summed E-state index contributed by atoms with van der Waals surface area (Å²) < 4.78 is 5.61. The largest absolute Gasteiger partial charge is 0.381 e. The first kappa shape index (κ1) is 17.7. The average Bonchev–Trinajstić information content (AvgIpc) is 3.20. The normalized spacial score (nSPS) is 22.6. The van der Waals surface area contributed by atoms with E-state index in [1.807, 2.05) is 41.7 Å². The zero-order valence-electron chi connectivity index (χ0n) is 15.2. The maximum atomic E-state index is 13.1. The van der Waals surface area contributed by atoms with Gasteiger partial charge >= 0.3 is 0 Å². The number of aryl methyl sites for hydroxylation is 1. The maximum Gasteiger partial charge on any atom is 0.229 e. The number of carbonyl (C=O) groups is 1. The molecular formula is C21H26N2O2S. The summed E-state index contributed by atoms with van der Waals surface area (Å²) in [6, 6.07) is 14.2. The highest BCUT2D eigenvalue weighted by Crippen LogP contribution is 2.45. The molecule has 0 saturated carbocycles. The molecule has 2 saturated heterocycles. The van der Waals surface area contributed by atoms with Gasteiger partial charge in [-0.2, -0.15) is 0 Å². The minimum absolute atomic E-state index is 0.0210. The van der Waals surface area contributed by atoms with E-state index in [1.165, 1.54) is 9.75 Å². The molecular weight excluding hydrogens is 344 g/mol. The number of para-hydroxylation sites is 1. The number of hydrogen-bond acceptors (Lipinski definition) is 4. The lowest BCUT2D eigenvalue weighted by atomic mass is 9.71. The Hall–Kier alpha value is -1.69. The molecule has 1 spiro atoms. The summed E-state index contributed by atoms with van der Waals surface area (Å²) in [5.41, 5.74) is 0.927. The van der Waals surface area contributed by atoms with Crippen molar-refractivity contribution in [3.63, 3.8) is 0 Å². The van der Waals surface area contributed by atoms with Crippen molar-refractivity contribution < 1.29 is 9.53 Å². The van der Waals surface area contributed by atoms with Crippen molar-refractivity contribution in [2.75, 3.05) is 31.6 Å². The fraction of sp³-hybridized carbons (Fsp3) is 0.476. The molecule has 138 valence electrons. The summed E-state index contributed by atoms with van der Waals surface area (Å²) in [6.07, 6.45) is 1.94. The van der Waals surface area contributed by atoms with Gasteiger partial charge in [0.05, 0.1) is 5.92 Å². The van der Waals surface area contributed by atoms with Crippen molar-refractivity contribution in [1.29, 1.82) is 0 Å². The molecule has 1 aromatic carbocycles. The lowest BCUT2D eigenvalue weighted by molar-refractivity contribution is -0.124. The van der Waals surface area contributed by atoms with E-state index < -0.39 is 0 Å². The summed E-state index contributed by atoms with van der Waals surface area (Å²) in [5, 5.41) is 3.14. The second-order valence-electron chi connectivity index (χ2n) is 7.56. The Bertz CT molecular complexity index is 752. The maximum absolute atomic E-state index is 13.1. The summed E-state index contributed by atoms with van der Waals surface area (Å²) in [4.78, 5) is 18.3. The highest BCUT2D eigenvalue weighted by atomic mass is 32.1. The summed E-state index contributed by atoms with van der Waals surface area (Å²) >= 11 is 1.86. The molecule has 1 aromatic heterocycles. The van der Waals surface area contributed by atoms with Crippen molar-refractivity contribution in [3.8, 4) is 0 Å². The zero-order chi connectivity index (χ0) is 18.0. The highest BCUT2D eigenvalue weighted by molar-refractivity contribution is 7.11. The SMILES string of the molecule is Cc1ccc(CN2CC(C(=O)Nc3ccccc3)C3(CCOCC3)C2)s1. The molecule has 1 unspecified atom stereocenters. The van der Waals surface area contributed by atoms with E-state index in [0.717, 1.165) is 51.4 Å². The fourth-order valence-electron chi connectivity index (χ4n) is 4.38. The lowest BCUT2D eigenvalue weighted by Crippen LogP contribution is -2.42. The van der Waals surface area contributed by atoms with Crippen LogP contribution in [0.25, 0.3) is 0 Å². The second-order valence-corrected chi connectivity index (χ2v) is 8.94. The van der Waals surface area contributed by atoms with Crippen LogP contribution in [-0.4, -0.2) is 37.1 Å². The summed E-state index contributed by atoms with van der Waals surface area (Å²) in [6.45, 7) is 6.43. The van der Waals surface area contributed by atoms with Crippen LogP contribution in [0.4, 0.5) is 5.69 Å². The van der Waals surface area contributed by atoms with Crippen LogP contribution in [-0.2, 0) is 16.1 Å². The number of hydrogen-bond donors (Lipinski definition) is 1. The molecule has 1 N–H and O–H groups in total. The number of anilines is 1. The molecule has 1 amide bonds. The van der Waals surface area contributed by atoms with Crippen molar-refractivity contribution in [1.82, 2.24) is 4.90 Å². The van der Waals surface area contributed by atoms with Gasteiger partial charge in [-0.05, 0) is 44.0 Å². The lowest BCUT2D eigenvalue weighted by Gasteiger charge is -2.37. The highest BCUT2D eigenvalue weighted by Gasteiger charge is 2.50. The number of amides is 1. The molecule has 2 aliphatic rings. The van der Waals surface area contributed by atoms with Crippen molar-refractivity contribution in [2.24, 2.45) is 11.3 Å². The first-order valence-corrected chi connectivity index (χ1v) is 10.2. The number of nitrogens with one attached hydrogen (secondary N) is 1. The average molecular weight is 371 g/mol. The minimum atomic E-state index is 0.0210. The van der Waals surface area contributed by atoms with Crippen LogP contribution < -0.4 is 5.32 Å². The fourth-order valence-corrected chi connectivity index (χ4v) is 5.31. The van der Waals surface area contributed by atoms with Crippen LogP contribution in [0.5, 0.6) is 0 Å². The monoisotopic (exact) mass is 370 g/mol. The van der Waals surface area contributed by atoms with Gasteiger partial charge in [-0.25, -0.2) is 0 Å². The number of ether oxygens (including phenoxy) is 1. The molecule has 2 aliphatic heterocycles. The van der Waals surface area contributed by atoms with Gasteiger partial charge in [0.2, 0.25) is 5.91 Å². The predicted molar refractivity (Wildman–Crippen MR) is 105 cm³/mol.